The number of sulfone groups is 1. The summed E-state index contributed by atoms with van der Waals surface area (Å²) in [7, 11) is -3.04. The molecule has 0 bridgehead atoms. The number of benzene rings is 2. The van der Waals surface area contributed by atoms with Crippen molar-refractivity contribution in [3.8, 4) is 11.1 Å². The van der Waals surface area contributed by atoms with Crippen molar-refractivity contribution in [3.63, 3.8) is 0 Å². The van der Waals surface area contributed by atoms with Crippen LogP contribution < -0.4 is 5.32 Å². The molecular weight excluding hydrogens is 410 g/mol. The van der Waals surface area contributed by atoms with E-state index >= 15 is 0 Å². The summed E-state index contributed by atoms with van der Waals surface area (Å²) in [6, 6.07) is 14.5. The van der Waals surface area contributed by atoms with Gasteiger partial charge in [0.1, 0.15) is 0 Å². The molecule has 5 nitrogen and oxygen atoms in total. The van der Waals surface area contributed by atoms with Crippen molar-refractivity contribution in [1.29, 1.82) is 0 Å². The van der Waals surface area contributed by atoms with E-state index in [1.165, 1.54) is 16.7 Å². The standard InChI is InChI=1S/C25H31NO4S/c1-18-7-8-22(19(2)15-18)23-6-4-3-5-20(23)16-25(10-12-30-13-11-25)24(27)26-21-9-14-31(28,29)17-21/h3-8,15,21H,9-14,16-17H2,1-2H3,(H,26,27)/t21-/m1/s1. The van der Waals surface area contributed by atoms with Crippen LogP contribution in [-0.2, 0) is 25.8 Å². The molecule has 2 fully saturated rings. The molecule has 0 aromatic heterocycles. The van der Waals surface area contributed by atoms with Gasteiger partial charge in [0, 0.05) is 19.3 Å². The van der Waals surface area contributed by atoms with Crippen molar-refractivity contribution in [1.82, 2.24) is 5.32 Å². The number of carbonyl (C=O) groups is 1. The molecule has 6 heteroatoms. The average Bonchev–Trinajstić information content (AvgIpc) is 3.07. The first-order valence-electron chi connectivity index (χ1n) is 11.0. The van der Waals surface area contributed by atoms with Gasteiger partial charge in [0.25, 0.3) is 0 Å². The van der Waals surface area contributed by atoms with Crippen molar-refractivity contribution in [3.05, 3.63) is 59.2 Å². The molecule has 2 aliphatic heterocycles. The zero-order valence-corrected chi connectivity index (χ0v) is 19.1. The van der Waals surface area contributed by atoms with Gasteiger partial charge in [0.15, 0.2) is 9.84 Å². The first-order valence-corrected chi connectivity index (χ1v) is 12.8. The zero-order chi connectivity index (χ0) is 22.1. The van der Waals surface area contributed by atoms with E-state index in [1.54, 1.807) is 0 Å². The van der Waals surface area contributed by atoms with Crippen LogP contribution in [0.15, 0.2) is 42.5 Å². The molecule has 4 rings (SSSR count). The summed E-state index contributed by atoms with van der Waals surface area (Å²) < 4.78 is 29.3. The molecule has 0 radical (unpaired) electrons. The van der Waals surface area contributed by atoms with E-state index < -0.39 is 15.3 Å². The first-order chi connectivity index (χ1) is 14.8. The molecule has 0 saturated carbocycles. The van der Waals surface area contributed by atoms with Crippen LogP contribution >= 0.6 is 0 Å². The number of aryl methyl sites for hydroxylation is 2. The molecule has 2 saturated heterocycles. The summed E-state index contributed by atoms with van der Waals surface area (Å²) >= 11 is 0. The van der Waals surface area contributed by atoms with Gasteiger partial charge in [-0.05, 0) is 61.8 Å². The maximum atomic E-state index is 13.5. The lowest BCUT2D eigenvalue weighted by Gasteiger charge is -2.37. The zero-order valence-electron chi connectivity index (χ0n) is 18.3. The lowest BCUT2D eigenvalue weighted by Crippen LogP contribution is -2.49. The van der Waals surface area contributed by atoms with Gasteiger partial charge in [-0.25, -0.2) is 8.42 Å². The highest BCUT2D eigenvalue weighted by Gasteiger charge is 2.42. The van der Waals surface area contributed by atoms with Gasteiger partial charge >= 0.3 is 0 Å². The molecule has 1 amide bonds. The smallest absolute Gasteiger partial charge is 0.226 e. The summed E-state index contributed by atoms with van der Waals surface area (Å²) in [4.78, 5) is 13.5. The van der Waals surface area contributed by atoms with Crippen molar-refractivity contribution in [2.45, 2.75) is 45.6 Å². The third kappa shape index (κ3) is 4.85. The molecule has 0 unspecified atom stereocenters. The van der Waals surface area contributed by atoms with E-state index in [0.29, 0.717) is 38.9 Å². The largest absolute Gasteiger partial charge is 0.381 e. The molecule has 1 N–H and O–H groups in total. The minimum Gasteiger partial charge on any atom is -0.381 e. The Hall–Kier alpha value is -2.18. The van der Waals surface area contributed by atoms with Crippen LogP contribution in [0.5, 0.6) is 0 Å². The highest BCUT2D eigenvalue weighted by molar-refractivity contribution is 7.91. The molecule has 0 aliphatic carbocycles. The molecule has 0 spiro atoms. The van der Waals surface area contributed by atoms with Crippen molar-refractivity contribution in [2.75, 3.05) is 24.7 Å². The van der Waals surface area contributed by atoms with Gasteiger partial charge in [-0.15, -0.1) is 0 Å². The van der Waals surface area contributed by atoms with Gasteiger partial charge in [-0.1, -0.05) is 48.0 Å². The van der Waals surface area contributed by atoms with E-state index in [9.17, 15) is 13.2 Å². The van der Waals surface area contributed by atoms with E-state index in [4.69, 9.17) is 4.74 Å². The maximum Gasteiger partial charge on any atom is 0.226 e. The van der Waals surface area contributed by atoms with Crippen LogP contribution in [-0.4, -0.2) is 45.1 Å². The predicted molar refractivity (Wildman–Crippen MR) is 123 cm³/mol. The normalized spacial score (nSPS) is 22.2. The van der Waals surface area contributed by atoms with Gasteiger partial charge in [0.2, 0.25) is 5.91 Å². The minimum atomic E-state index is -3.04. The van der Waals surface area contributed by atoms with Crippen LogP contribution in [0.3, 0.4) is 0 Å². The minimum absolute atomic E-state index is 0.0340. The molecule has 2 aromatic carbocycles. The topological polar surface area (TPSA) is 72.5 Å². The molecule has 166 valence electrons. The van der Waals surface area contributed by atoms with Crippen LogP contribution in [0, 0.1) is 19.3 Å². The Kier molecular flexibility index (Phi) is 6.22. The second kappa shape index (κ2) is 8.75. The van der Waals surface area contributed by atoms with Crippen LogP contribution in [0.25, 0.3) is 11.1 Å². The van der Waals surface area contributed by atoms with Crippen LogP contribution in [0.2, 0.25) is 0 Å². The Labute approximate surface area is 185 Å². The molecule has 2 aliphatic rings. The monoisotopic (exact) mass is 441 g/mol. The van der Waals surface area contributed by atoms with E-state index in [1.807, 2.05) is 12.1 Å². The van der Waals surface area contributed by atoms with E-state index in [0.717, 1.165) is 11.1 Å². The number of amides is 1. The Morgan fingerprint density at radius 2 is 1.84 bits per heavy atom. The van der Waals surface area contributed by atoms with Crippen LogP contribution in [0.4, 0.5) is 0 Å². The summed E-state index contributed by atoms with van der Waals surface area (Å²) in [6.45, 7) is 5.30. The summed E-state index contributed by atoms with van der Waals surface area (Å²) in [5, 5.41) is 3.07. The van der Waals surface area contributed by atoms with Crippen LogP contribution in [0.1, 0.15) is 36.0 Å². The second-order valence-electron chi connectivity index (χ2n) is 9.12. The fourth-order valence-corrected chi connectivity index (χ4v) is 6.58. The average molecular weight is 442 g/mol. The number of nitrogens with one attached hydrogen (secondary N) is 1. The molecule has 2 heterocycles. The number of hydrogen-bond donors (Lipinski definition) is 1. The molecule has 2 aromatic rings. The highest BCUT2D eigenvalue weighted by atomic mass is 32.2. The van der Waals surface area contributed by atoms with E-state index in [2.05, 4.69) is 49.5 Å². The summed E-state index contributed by atoms with van der Waals surface area (Å²) in [5.74, 6) is 0.168. The number of rotatable bonds is 5. The fraction of sp³-hybridized carbons (Fsp3) is 0.480. The molecular formula is C25H31NO4S. The van der Waals surface area contributed by atoms with Crippen molar-refractivity contribution in [2.24, 2.45) is 5.41 Å². The molecule has 1 atom stereocenters. The van der Waals surface area contributed by atoms with Crippen molar-refractivity contribution < 1.29 is 17.9 Å². The number of ether oxygens (including phenoxy) is 1. The Balaban J connectivity index is 1.64. The van der Waals surface area contributed by atoms with Gasteiger partial charge < -0.3 is 10.1 Å². The Bertz CT molecular complexity index is 1070. The van der Waals surface area contributed by atoms with E-state index in [-0.39, 0.29) is 23.5 Å². The maximum absolute atomic E-state index is 13.5. The summed E-state index contributed by atoms with van der Waals surface area (Å²) in [6.07, 6.45) is 2.39. The predicted octanol–water partition coefficient (Wildman–Crippen LogP) is 3.61. The van der Waals surface area contributed by atoms with Gasteiger partial charge in [-0.3, -0.25) is 4.79 Å². The van der Waals surface area contributed by atoms with Gasteiger partial charge in [-0.2, -0.15) is 0 Å². The summed E-state index contributed by atoms with van der Waals surface area (Å²) in [5.41, 5.74) is 5.34. The SMILES string of the molecule is Cc1ccc(-c2ccccc2CC2(C(=O)N[C@@H]3CCS(=O)(=O)C3)CCOCC2)c(C)c1. The Morgan fingerprint density at radius 1 is 1.10 bits per heavy atom. The lowest BCUT2D eigenvalue weighted by atomic mass is 9.73. The van der Waals surface area contributed by atoms with Crippen molar-refractivity contribution >= 4 is 15.7 Å². The third-order valence-electron chi connectivity index (χ3n) is 6.72. The quantitative estimate of drug-likeness (QED) is 0.769. The van der Waals surface area contributed by atoms with Gasteiger partial charge in [0.05, 0.1) is 16.9 Å². The highest BCUT2D eigenvalue weighted by Crippen LogP contribution is 2.38. The number of carbonyl (C=O) groups excluding carboxylic acids is 1. The third-order valence-corrected chi connectivity index (χ3v) is 8.49. The Morgan fingerprint density at radius 3 is 2.52 bits per heavy atom. The lowest BCUT2D eigenvalue weighted by molar-refractivity contribution is -0.137. The number of hydrogen-bond acceptors (Lipinski definition) is 4. The molecule has 31 heavy (non-hydrogen) atoms. The second-order valence-corrected chi connectivity index (χ2v) is 11.3. The first kappa shape index (κ1) is 22.0. The fourth-order valence-electron chi connectivity index (χ4n) is 4.91.